The van der Waals surface area contributed by atoms with Crippen LogP contribution in [0.4, 0.5) is 18.9 Å². The van der Waals surface area contributed by atoms with Gasteiger partial charge in [0.05, 0.1) is 5.56 Å². The van der Waals surface area contributed by atoms with Crippen molar-refractivity contribution in [1.82, 2.24) is 9.88 Å². The topological polar surface area (TPSA) is 71.4 Å². The van der Waals surface area contributed by atoms with E-state index in [4.69, 9.17) is 0 Å². The number of nitrogens with zero attached hydrogens (tertiary/aromatic N) is 2. The number of halogens is 3. The number of aromatic nitrogens is 1. The number of hydrogen-bond acceptors (Lipinski definition) is 4. The lowest BCUT2D eigenvalue weighted by Crippen LogP contribution is -2.36. The Morgan fingerprint density at radius 1 is 1.00 bits per heavy atom. The fraction of sp³-hybridized carbons (Fsp3) is 0.269. The first-order valence-electron chi connectivity index (χ1n) is 11.1. The molecule has 0 bridgehead atoms. The average Bonchev–Trinajstić information content (AvgIpc) is 2.82. The van der Waals surface area contributed by atoms with E-state index >= 15 is 0 Å². The first-order valence-corrected chi connectivity index (χ1v) is 11.1. The van der Waals surface area contributed by atoms with E-state index in [-0.39, 0.29) is 35.6 Å². The van der Waals surface area contributed by atoms with Gasteiger partial charge in [-0.1, -0.05) is 12.1 Å². The van der Waals surface area contributed by atoms with Crippen molar-refractivity contribution in [1.29, 1.82) is 0 Å². The van der Waals surface area contributed by atoms with Crippen molar-refractivity contribution in [2.24, 2.45) is 0 Å². The van der Waals surface area contributed by atoms with Crippen LogP contribution in [0.2, 0.25) is 0 Å². The molecule has 0 saturated heterocycles. The summed E-state index contributed by atoms with van der Waals surface area (Å²) in [5, 5.41) is 2.71. The number of pyridine rings is 1. The number of nitrogens with one attached hydrogen (secondary N) is 1. The number of ketones is 1. The number of benzene rings is 2. The molecule has 1 N–H and O–H groups in total. The highest BCUT2D eigenvalue weighted by molar-refractivity contribution is 6.02. The Hall–Kier alpha value is -3.88. The molecule has 0 saturated carbocycles. The third-order valence-electron chi connectivity index (χ3n) is 6.02. The number of carbonyl (C=O) groups is 2. The molecule has 6 nitrogen and oxygen atoms in total. The summed E-state index contributed by atoms with van der Waals surface area (Å²) in [6, 6.07) is 12.9. The molecule has 1 aromatic heterocycles. The second-order valence-electron chi connectivity index (χ2n) is 8.62. The minimum atomic E-state index is -4.52. The highest BCUT2D eigenvalue weighted by atomic mass is 19.4. The zero-order valence-electron chi connectivity index (χ0n) is 19.3. The van der Waals surface area contributed by atoms with Crippen molar-refractivity contribution in [2.45, 2.75) is 32.0 Å². The number of alkyl halides is 3. The molecule has 1 heterocycles. The highest BCUT2D eigenvalue weighted by Gasteiger charge is 2.31. The summed E-state index contributed by atoms with van der Waals surface area (Å²) in [7, 11) is 3.83. The van der Waals surface area contributed by atoms with Crippen molar-refractivity contribution >= 4 is 17.4 Å². The van der Waals surface area contributed by atoms with Crippen molar-refractivity contribution in [3.63, 3.8) is 0 Å². The molecule has 4 rings (SSSR count). The molecule has 35 heavy (non-hydrogen) atoms. The zero-order chi connectivity index (χ0) is 25.3. The maximum absolute atomic E-state index is 13.4. The summed E-state index contributed by atoms with van der Waals surface area (Å²) < 4.78 is 40.2. The molecule has 0 spiro atoms. The Balaban J connectivity index is 1.70. The van der Waals surface area contributed by atoms with Crippen LogP contribution >= 0.6 is 0 Å². The van der Waals surface area contributed by atoms with Gasteiger partial charge in [0.2, 0.25) is 0 Å². The fourth-order valence-electron chi connectivity index (χ4n) is 4.12. The Bertz CT molecular complexity index is 1330. The molecule has 0 atom stereocenters. The molecule has 0 unspecified atom stereocenters. The standard InChI is InChI=1S/C26H24F3N3O3/c1-31(2)18-10-6-16(7-11-18)15-30-24(34)21-14-20-22(4-3-5-23(20)33)32(25(21)35)19-12-8-17(9-13-19)26(27,28)29/h6-14H,3-5,15H2,1-2H3,(H,30,34). The normalized spacial score (nSPS) is 13.3. The second kappa shape index (κ2) is 9.40. The van der Waals surface area contributed by atoms with Crippen LogP contribution in [0.1, 0.15) is 50.4 Å². The van der Waals surface area contributed by atoms with Gasteiger partial charge >= 0.3 is 6.18 Å². The third kappa shape index (κ3) is 4.99. The predicted molar refractivity (Wildman–Crippen MR) is 126 cm³/mol. The SMILES string of the molecule is CN(C)c1ccc(CNC(=O)c2cc3c(n(-c4ccc(C(F)(F)F)cc4)c2=O)CCCC3=O)cc1. The quantitative estimate of drug-likeness (QED) is 0.585. The van der Waals surface area contributed by atoms with Gasteiger partial charge in [-0.25, -0.2) is 0 Å². The minimum absolute atomic E-state index is 0.164. The Labute approximate surface area is 200 Å². The van der Waals surface area contributed by atoms with Gasteiger partial charge in [0, 0.05) is 49.7 Å². The summed E-state index contributed by atoms with van der Waals surface area (Å²) in [4.78, 5) is 40.9. The van der Waals surface area contributed by atoms with E-state index in [1.165, 1.54) is 22.8 Å². The molecule has 0 fully saturated rings. The molecule has 1 aliphatic rings. The lowest BCUT2D eigenvalue weighted by molar-refractivity contribution is -0.137. The van der Waals surface area contributed by atoms with E-state index in [1.807, 2.05) is 43.3 Å². The predicted octanol–water partition coefficient (Wildman–Crippen LogP) is 4.37. The van der Waals surface area contributed by atoms with Gasteiger partial charge in [-0.05, 0) is 60.9 Å². The van der Waals surface area contributed by atoms with Crippen LogP contribution < -0.4 is 15.8 Å². The summed E-state index contributed by atoms with van der Waals surface area (Å²) in [5.74, 6) is -0.867. The smallest absolute Gasteiger partial charge is 0.378 e. The summed E-state index contributed by atoms with van der Waals surface area (Å²) in [5.41, 5.74) is 0.866. The van der Waals surface area contributed by atoms with Gasteiger partial charge in [-0.15, -0.1) is 0 Å². The summed E-state index contributed by atoms with van der Waals surface area (Å²) >= 11 is 0. The third-order valence-corrected chi connectivity index (χ3v) is 6.02. The first kappa shape index (κ1) is 24.3. The average molecular weight is 483 g/mol. The molecule has 0 radical (unpaired) electrons. The van der Waals surface area contributed by atoms with Crippen LogP contribution in [0.25, 0.3) is 5.69 Å². The number of anilines is 1. The molecule has 1 aliphatic carbocycles. The Kier molecular flexibility index (Phi) is 6.51. The van der Waals surface area contributed by atoms with Gasteiger partial charge in [0.15, 0.2) is 5.78 Å². The van der Waals surface area contributed by atoms with Gasteiger partial charge in [0.25, 0.3) is 11.5 Å². The molecule has 0 aliphatic heterocycles. The molecule has 9 heteroatoms. The van der Waals surface area contributed by atoms with E-state index in [9.17, 15) is 27.6 Å². The van der Waals surface area contributed by atoms with E-state index in [2.05, 4.69) is 5.32 Å². The van der Waals surface area contributed by atoms with Gasteiger partial charge in [-0.2, -0.15) is 13.2 Å². The highest BCUT2D eigenvalue weighted by Crippen LogP contribution is 2.30. The molecule has 182 valence electrons. The monoisotopic (exact) mass is 483 g/mol. The number of rotatable bonds is 5. The van der Waals surface area contributed by atoms with Crippen LogP contribution in [0.3, 0.4) is 0 Å². The maximum atomic E-state index is 13.4. The molecule has 1 amide bonds. The van der Waals surface area contributed by atoms with E-state index in [0.717, 1.165) is 23.4 Å². The van der Waals surface area contributed by atoms with Crippen LogP contribution in [0.5, 0.6) is 0 Å². The lowest BCUT2D eigenvalue weighted by atomic mass is 9.92. The van der Waals surface area contributed by atoms with E-state index < -0.39 is 23.2 Å². The molecular weight excluding hydrogens is 459 g/mol. The van der Waals surface area contributed by atoms with Crippen LogP contribution in [0.15, 0.2) is 59.4 Å². The van der Waals surface area contributed by atoms with Crippen LogP contribution in [-0.2, 0) is 19.1 Å². The molecule has 3 aromatic rings. The van der Waals surface area contributed by atoms with Gasteiger partial charge in [-0.3, -0.25) is 19.0 Å². The van der Waals surface area contributed by atoms with Crippen molar-refractivity contribution in [3.05, 3.63) is 92.9 Å². The lowest BCUT2D eigenvalue weighted by Gasteiger charge is -2.22. The second-order valence-corrected chi connectivity index (χ2v) is 8.62. The number of Topliss-reactive ketones (excluding diaryl/α,β-unsaturated/α-hetero) is 1. The molecular formula is C26H24F3N3O3. The van der Waals surface area contributed by atoms with Gasteiger partial charge < -0.3 is 10.2 Å². The van der Waals surface area contributed by atoms with Gasteiger partial charge in [0.1, 0.15) is 5.56 Å². The maximum Gasteiger partial charge on any atom is 0.416 e. The Morgan fingerprint density at radius 2 is 1.66 bits per heavy atom. The minimum Gasteiger partial charge on any atom is -0.378 e. The number of hydrogen-bond donors (Lipinski definition) is 1. The van der Waals surface area contributed by atoms with E-state index in [0.29, 0.717) is 18.5 Å². The summed E-state index contributed by atoms with van der Waals surface area (Å²) in [6.45, 7) is 0.164. The zero-order valence-corrected chi connectivity index (χ0v) is 19.3. The molecule has 2 aromatic carbocycles. The summed E-state index contributed by atoms with van der Waals surface area (Å²) in [6.07, 6.45) is -3.33. The number of fused-ring (bicyclic) bond motifs is 1. The van der Waals surface area contributed by atoms with Crippen LogP contribution in [0, 0.1) is 0 Å². The Morgan fingerprint density at radius 3 is 2.26 bits per heavy atom. The largest absolute Gasteiger partial charge is 0.416 e. The fourth-order valence-corrected chi connectivity index (χ4v) is 4.12. The van der Waals surface area contributed by atoms with Crippen LogP contribution in [-0.4, -0.2) is 30.4 Å². The van der Waals surface area contributed by atoms with Crippen molar-refractivity contribution in [3.8, 4) is 5.69 Å². The first-order chi connectivity index (χ1) is 16.6. The van der Waals surface area contributed by atoms with Crippen molar-refractivity contribution in [2.75, 3.05) is 19.0 Å². The number of carbonyl (C=O) groups excluding carboxylic acids is 2. The van der Waals surface area contributed by atoms with Crippen molar-refractivity contribution < 1.29 is 22.8 Å². The number of amides is 1. The van der Waals surface area contributed by atoms with E-state index in [1.54, 1.807) is 0 Å².